The first kappa shape index (κ1) is 14.7. The first-order valence-electron chi connectivity index (χ1n) is 6.68. The number of hydrogen-bond donors (Lipinski definition) is 1. The van der Waals surface area contributed by atoms with E-state index in [0.717, 1.165) is 18.4 Å². The van der Waals surface area contributed by atoms with Gasteiger partial charge in [0.25, 0.3) is 5.91 Å². The van der Waals surface area contributed by atoms with E-state index in [4.69, 9.17) is 11.6 Å². The van der Waals surface area contributed by atoms with Crippen molar-refractivity contribution in [3.05, 3.63) is 36.2 Å². The average Bonchev–Trinajstić information content (AvgIpc) is 2.46. The highest BCUT2D eigenvalue weighted by atomic mass is 35.5. The van der Waals surface area contributed by atoms with Gasteiger partial charge in [0, 0.05) is 23.8 Å². The van der Waals surface area contributed by atoms with Crippen LogP contribution in [-0.2, 0) is 0 Å². The first-order valence-corrected chi connectivity index (χ1v) is 7.21. The molecule has 106 valence electrons. The average molecular weight is 292 g/mol. The van der Waals surface area contributed by atoms with Crippen molar-refractivity contribution >= 4 is 28.5 Å². The highest BCUT2D eigenvalue weighted by molar-refractivity contribution is 6.17. The number of amides is 1. The Hall–Kier alpha value is -1.68. The molecule has 0 saturated heterocycles. The maximum absolute atomic E-state index is 12.5. The van der Waals surface area contributed by atoms with Crippen LogP contribution in [-0.4, -0.2) is 27.3 Å². The third-order valence-corrected chi connectivity index (χ3v) is 3.77. The Morgan fingerprint density at radius 3 is 2.80 bits per heavy atom. The van der Waals surface area contributed by atoms with Crippen molar-refractivity contribution in [1.82, 2.24) is 15.3 Å². The number of benzene rings is 1. The van der Waals surface area contributed by atoms with Crippen molar-refractivity contribution in [2.24, 2.45) is 0 Å². The highest BCUT2D eigenvalue weighted by Gasteiger charge is 2.25. The van der Waals surface area contributed by atoms with E-state index >= 15 is 0 Å². The van der Waals surface area contributed by atoms with Gasteiger partial charge in [0.15, 0.2) is 0 Å². The van der Waals surface area contributed by atoms with E-state index in [1.54, 1.807) is 18.5 Å². The zero-order valence-electron chi connectivity index (χ0n) is 11.7. The van der Waals surface area contributed by atoms with Gasteiger partial charge in [-0.3, -0.25) is 14.8 Å². The van der Waals surface area contributed by atoms with Gasteiger partial charge in [-0.25, -0.2) is 0 Å². The summed E-state index contributed by atoms with van der Waals surface area (Å²) in [6.45, 7) is 4.04. The minimum Gasteiger partial charge on any atom is -0.347 e. The number of halogens is 1. The third-order valence-electron chi connectivity index (χ3n) is 3.59. The van der Waals surface area contributed by atoms with E-state index in [1.165, 1.54) is 0 Å². The second-order valence-corrected chi connectivity index (χ2v) is 5.41. The standard InChI is InChI=1S/C15H18ClN3O/c1-3-15(2,7-8-16)19-14(20)11-5-4-6-12-13(11)18-10-9-17-12/h4-6,9-10H,3,7-8H2,1-2H3,(H,19,20). The Labute approximate surface area is 123 Å². The molecule has 20 heavy (non-hydrogen) atoms. The van der Waals surface area contributed by atoms with Crippen molar-refractivity contribution in [3.63, 3.8) is 0 Å². The van der Waals surface area contributed by atoms with E-state index in [1.807, 2.05) is 26.0 Å². The molecule has 0 bridgehead atoms. The van der Waals surface area contributed by atoms with Crippen LogP contribution in [0.25, 0.3) is 11.0 Å². The normalized spacial score (nSPS) is 13.9. The Bertz CT molecular complexity index is 612. The number of nitrogens with one attached hydrogen (secondary N) is 1. The number of fused-ring (bicyclic) bond motifs is 1. The van der Waals surface area contributed by atoms with Gasteiger partial charge < -0.3 is 5.32 Å². The quantitative estimate of drug-likeness (QED) is 0.861. The zero-order valence-corrected chi connectivity index (χ0v) is 12.4. The molecule has 4 nitrogen and oxygen atoms in total. The Kier molecular flexibility index (Phi) is 4.55. The van der Waals surface area contributed by atoms with Gasteiger partial charge in [0.1, 0.15) is 5.52 Å². The first-order chi connectivity index (χ1) is 9.59. The predicted octanol–water partition coefficient (Wildman–Crippen LogP) is 3.16. The number of rotatable bonds is 5. The van der Waals surface area contributed by atoms with Gasteiger partial charge in [-0.05, 0) is 31.9 Å². The van der Waals surface area contributed by atoms with Crippen LogP contribution in [0.3, 0.4) is 0 Å². The zero-order chi connectivity index (χ0) is 14.6. The molecule has 1 N–H and O–H groups in total. The molecular formula is C15H18ClN3O. The smallest absolute Gasteiger partial charge is 0.253 e. The molecule has 1 amide bonds. The lowest BCUT2D eigenvalue weighted by Gasteiger charge is -2.29. The second-order valence-electron chi connectivity index (χ2n) is 5.04. The molecule has 2 rings (SSSR count). The largest absolute Gasteiger partial charge is 0.347 e. The summed E-state index contributed by atoms with van der Waals surface area (Å²) in [6.07, 6.45) is 4.76. The van der Waals surface area contributed by atoms with E-state index in [-0.39, 0.29) is 11.4 Å². The SMILES string of the molecule is CCC(C)(CCCl)NC(=O)c1cccc2nccnc12. The Balaban J connectivity index is 2.32. The van der Waals surface area contributed by atoms with Crippen LogP contribution in [0.15, 0.2) is 30.6 Å². The van der Waals surface area contributed by atoms with Crippen LogP contribution in [0.5, 0.6) is 0 Å². The maximum Gasteiger partial charge on any atom is 0.253 e. The van der Waals surface area contributed by atoms with E-state index < -0.39 is 0 Å². The van der Waals surface area contributed by atoms with Gasteiger partial charge >= 0.3 is 0 Å². The number of nitrogens with zero attached hydrogens (tertiary/aromatic N) is 2. The Morgan fingerprint density at radius 2 is 2.10 bits per heavy atom. The van der Waals surface area contributed by atoms with Crippen molar-refractivity contribution < 1.29 is 4.79 Å². The van der Waals surface area contributed by atoms with Crippen molar-refractivity contribution in [3.8, 4) is 0 Å². The molecular weight excluding hydrogens is 274 g/mol. The number of aromatic nitrogens is 2. The lowest BCUT2D eigenvalue weighted by molar-refractivity contribution is 0.0903. The number of carbonyl (C=O) groups excluding carboxylic acids is 1. The molecule has 0 aliphatic rings. The number of carbonyl (C=O) groups is 1. The van der Waals surface area contributed by atoms with Crippen LogP contribution in [0.2, 0.25) is 0 Å². The molecule has 0 aliphatic carbocycles. The fourth-order valence-electron chi connectivity index (χ4n) is 2.05. The molecule has 0 spiro atoms. The summed E-state index contributed by atoms with van der Waals surface area (Å²) in [7, 11) is 0. The van der Waals surface area contributed by atoms with Crippen LogP contribution < -0.4 is 5.32 Å². The summed E-state index contributed by atoms with van der Waals surface area (Å²) in [4.78, 5) is 21.0. The highest BCUT2D eigenvalue weighted by Crippen LogP contribution is 2.19. The summed E-state index contributed by atoms with van der Waals surface area (Å²) >= 11 is 5.82. The van der Waals surface area contributed by atoms with Gasteiger partial charge in [0.05, 0.1) is 11.1 Å². The predicted molar refractivity (Wildman–Crippen MR) is 81.0 cm³/mol. The van der Waals surface area contributed by atoms with Crippen LogP contribution in [0.4, 0.5) is 0 Å². The lowest BCUT2D eigenvalue weighted by atomic mass is 9.95. The summed E-state index contributed by atoms with van der Waals surface area (Å²) in [5.41, 5.74) is 1.58. The molecule has 1 aromatic carbocycles. The molecule has 1 unspecified atom stereocenters. The molecule has 2 aromatic rings. The topological polar surface area (TPSA) is 54.9 Å². The van der Waals surface area contributed by atoms with E-state index in [9.17, 15) is 4.79 Å². The molecule has 0 aliphatic heterocycles. The summed E-state index contributed by atoms with van der Waals surface area (Å²) in [5.74, 6) is 0.380. The number of alkyl halides is 1. The molecule has 0 saturated carbocycles. The molecule has 5 heteroatoms. The summed E-state index contributed by atoms with van der Waals surface area (Å²) in [6, 6.07) is 5.43. The van der Waals surface area contributed by atoms with Gasteiger partial charge in [-0.2, -0.15) is 0 Å². The number of hydrogen-bond acceptors (Lipinski definition) is 3. The van der Waals surface area contributed by atoms with Crippen LogP contribution >= 0.6 is 11.6 Å². The molecule has 1 heterocycles. The van der Waals surface area contributed by atoms with Crippen molar-refractivity contribution in [2.45, 2.75) is 32.2 Å². The van der Waals surface area contributed by atoms with Crippen molar-refractivity contribution in [2.75, 3.05) is 5.88 Å². The molecule has 0 fully saturated rings. The fourth-order valence-corrected chi connectivity index (χ4v) is 2.47. The minimum absolute atomic E-state index is 0.134. The fraction of sp³-hybridized carbons (Fsp3) is 0.400. The Morgan fingerprint density at radius 1 is 1.35 bits per heavy atom. The molecule has 1 atom stereocenters. The molecule has 0 radical (unpaired) electrons. The van der Waals surface area contributed by atoms with Gasteiger partial charge in [-0.15, -0.1) is 11.6 Å². The van der Waals surface area contributed by atoms with E-state index in [2.05, 4.69) is 15.3 Å². The van der Waals surface area contributed by atoms with Crippen LogP contribution in [0.1, 0.15) is 37.0 Å². The third kappa shape index (κ3) is 3.07. The van der Waals surface area contributed by atoms with Gasteiger partial charge in [-0.1, -0.05) is 13.0 Å². The minimum atomic E-state index is -0.302. The monoisotopic (exact) mass is 291 g/mol. The second kappa shape index (κ2) is 6.18. The molecule has 1 aromatic heterocycles. The number of para-hydroxylation sites is 1. The van der Waals surface area contributed by atoms with E-state index in [0.29, 0.717) is 17.0 Å². The summed E-state index contributed by atoms with van der Waals surface area (Å²) in [5, 5.41) is 3.06. The maximum atomic E-state index is 12.5. The lowest BCUT2D eigenvalue weighted by Crippen LogP contribution is -2.45. The summed E-state index contributed by atoms with van der Waals surface area (Å²) < 4.78 is 0. The van der Waals surface area contributed by atoms with Gasteiger partial charge in [0.2, 0.25) is 0 Å². The van der Waals surface area contributed by atoms with Crippen molar-refractivity contribution in [1.29, 1.82) is 0 Å². The van der Waals surface area contributed by atoms with Crippen LogP contribution in [0, 0.1) is 0 Å².